The summed E-state index contributed by atoms with van der Waals surface area (Å²) in [7, 11) is 0. The zero-order chi connectivity index (χ0) is 11.2. The molecule has 2 saturated heterocycles. The standard InChI is InChI=1S/C13H14N2OS/c1-2-11-10(7-8(1)16-11)15-13-9-4-6-17-12(9)3-5-14-13/h3-6,8,10-11H,1-2,7H2,(H,14,15). The van der Waals surface area contributed by atoms with Crippen molar-refractivity contribution < 1.29 is 4.74 Å². The van der Waals surface area contributed by atoms with Crippen LogP contribution in [0.3, 0.4) is 0 Å². The molecule has 3 atom stereocenters. The molecule has 4 heterocycles. The van der Waals surface area contributed by atoms with Gasteiger partial charge in [-0.3, -0.25) is 0 Å². The molecule has 4 rings (SSSR count). The monoisotopic (exact) mass is 246 g/mol. The maximum atomic E-state index is 5.86. The molecule has 3 nitrogen and oxygen atoms in total. The van der Waals surface area contributed by atoms with Crippen LogP contribution in [0.2, 0.25) is 0 Å². The van der Waals surface area contributed by atoms with Crippen molar-refractivity contribution in [3.8, 4) is 0 Å². The van der Waals surface area contributed by atoms with E-state index >= 15 is 0 Å². The molecule has 2 bridgehead atoms. The fourth-order valence-corrected chi connectivity index (χ4v) is 3.76. The summed E-state index contributed by atoms with van der Waals surface area (Å²) >= 11 is 1.76. The van der Waals surface area contributed by atoms with Crippen LogP contribution in [0.15, 0.2) is 23.7 Å². The first-order valence-electron chi connectivity index (χ1n) is 6.14. The molecular formula is C13H14N2OS. The van der Waals surface area contributed by atoms with Crippen molar-refractivity contribution in [2.75, 3.05) is 5.32 Å². The fraction of sp³-hybridized carbons (Fsp3) is 0.462. The van der Waals surface area contributed by atoms with Crippen LogP contribution in [-0.2, 0) is 4.74 Å². The van der Waals surface area contributed by atoms with E-state index in [9.17, 15) is 0 Å². The zero-order valence-electron chi connectivity index (χ0n) is 9.43. The number of hydrogen-bond acceptors (Lipinski definition) is 4. The second-order valence-electron chi connectivity index (χ2n) is 4.85. The normalized spacial score (nSPS) is 31.2. The molecule has 0 amide bonds. The highest BCUT2D eigenvalue weighted by atomic mass is 32.1. The molecule has 2 aliphatic heterocycles. The molecule has 1 N–H and O–H groups in total. The summed E-state index contributed by atoms with van der Waals surface area (Å²) < 4.78 is 7.16. The van der Waals surface area contributed by atoms with Gasteiger partial charge in [0.15, 0.2) is 0 Å². The van der Waals surface area contributed by atoms with Crippen LogP contribution in [0.1, 0.15) is 19.3 Å². The number of nitrogens with one attached hydrogen (secondary N) is 1. The average Bonchev–Trinajstić information content (AvgIpc) is 3.04. The van der Waals surface area contributed by atoms with E-state index in [1.165, 1.54) is 22.9 Å². The van der Waals surface area contributed by atoms with Crippen LogP contribution >= 0.6 is 11.3 Å². The Hall–Kier alpha value is -1.13. The number of pyridine rings is 1. The minimum Gasteiger partial charge on any atom is -0.373 e. The zero-order valence-corrected chi connectivity index (χ0v) is 10.2. The molecule has 2 aromatic heterocycles. The SMILES string of the molecule is c1cc2sccc2c(NC2CC3CCC2O3)n1. The van der Waals surface area contributed by atoms with Gasteiger partial charge in [0.25, 0.3) is 0 Å². The van der Waals surface area contributed by atoms with E-state index < -0.39 is 0 Å². The number of fused-ring (bicyclic) bond motifs is 3. The van der Waals surface area contributed by atoms with Crippen LogP contribution in [-0.4, -0.2) is 23.2 Å². The minimum atomic E-state index is 0.399. The minimum absolute atomic E-state index is 0.399. The first kappa shape index (κ1) is 9.85. The Kier molecular flexibility index (Phi) is 2.13. The number of ether oxygens (including phenoxy) is 1. The van der Waals surface area contributed by atoms with Crippen molar-refractivity contribution in [2.45, 2.75) is 37.5 Å². The molecule has 0 radical (unpaired) electrons. The van der Waals surface area contributed by atoms with Crippen molar-refractivity contribution >= 4 is 27.2 Å². The highest BCUT2D eigenvalue weighted by Gasteiger charge is 2.40. The van der Waals surface area contributed by atoms with Crippen LogP contribution in [0.5, 0.6) is 0 Å². The number of anilines is 1. The molecule has 2 aliphatic rings. The first-order chi connectivity index (χ1) is 8.40. The number of thiophene rings is 1. The van der Waals surface area contributed by atoms with E-state index in [-0.39, 0.29) is 0 Å². The number of nitrogens with zero attached hydrogens (tertiary/aromatic N) is 1. The third kappa shape index (κ3) is 1.55. The molecule has 0 aliphatic carbocycles. The number of rotatable bonds is 2. The predicted octanol–water partition coefficient (Wildman–Crippen LogP) is 3.03. The smallest absolute Gasteiger partial charge is 0.134 e. The Morgan fingerprint density at radius 3 is 3.18 bits per heavy atom. The van der Waals surface area contributed by atoms with Gasteiger partial charge in [-0.1, -0.05) is 0 Å². The molecule has 2 fully saturated rings. The summed E-state index contributed by atoms with van der Waals surface area (Å²) in [6.45, 7) is 0. The Balaban J connectivity index is 1.65. The summed E-state index contributed by atoms with van der Waals surface area (Å²) in [4.78, 5) is 4.47. The Morgan fingerprint density at radius 2 is 2.35 bits per heavy atom. The molecule has 0 saturated carbocycles. The van der Waals surface area contributed by atoms with Gasteiger partial charge in [0.2, 0.25) is 0 Å². The van der Waals surface area contributed by atoms with E-state index in [1.807, 2.05) is 6.20 Å². The topological polar surface area (TPSA) is 34.1 Å². The summed E-state index contributed by atoms with van der Waals surface area (Å²) in [5.74, 6) is 1.02. The summed E-state index contributed by atoms with van der Waals surface area (Å²) in [6, 6.07) is 4.66. The fourth-order valence-electron chi connectivity index (χ4n) is 2.98. The lowest BCUT2D eigenvalue weighted by atomic mass is 9.95. The van der Waals surface area contributed by atoms with Gasteiger partial charge >= 0.3 is 0 Å². The van der Waals surface area contributed by atoms with Gasteiger partial charge in [0.05, 0.1) is 18.2 Å². The lowest BCUT2D eigenvalue weighted by Crippen LogP contribution is -2.30. The average molecular weight is 246 g/mol. The number of aromatic nitrogens is 1. The molecule has 88 valence electrons. The van der Waals surface area contributed by atoms with Gasteiger partial charge in [0, 0.05) is 16.3 Å². The first-order valence-corrected chi connectivity index (χ1v) is 7.02. The van der Waals surface area contributed by atoms with E-state index in [2.05, 4.69) is 27.8 Å². The van der Waals surface area contributed by atoms with Gasteiger partial charge in [0.1, 0.15) is 5.82 Å². The third-order valence-corrected chi connectivity index (χ3v) is 4.69. The van der Waals surface area contributed by atoms with Crippen LogP contribution in [0.25, 0.3) is 10.1 Å². The molecule has 0 aromatic carbocycles. The van der Waals surface area contributed by atoms with E-state index in [0.717, 1.165) is 12.2 Å². The second kappa shape index (κ2) is 3.68. The van der Waals surface area contributed by atoms with Crippen LogP contribution in [0, 0.1) is 0 Å². The molecule has 2 aromatic rings. The Morgan fingerprint density at radius 1 is 1.35 bits per heavy atom. The summed E-state index contributed by atoms with van der Waals surface area (Å²) in [5, 5.41) is 6.93. The third-order valence-electron chi connectivity index (χ3n) is 3.81. The van der Waals surface area contributed by atoms with Crippen molar-refractivity contribution in [1.82, 2.24) is 4.98 Å². The van der Waals surface area contributed by atoms with E-state index in [4.69, 9.17) is 4.74 Å². The van der Waals surface area contributed by atoms with Crippen LogP contribution in [0.4, 0.5) is 5.82 Å². The molecule has 17 heavy (non-hydrogen) atoms. The van der Waals surface area contributed by atoms with Crippen molar-refractivity contribution in [3.05, 3.63) is 23.7 Å². The number of hydrogen-bond donors (Lipinski definition) is 1. The van der Waals surface area contributed by atoms with Gasteiger partial charge in [-0.15, -0.1) is 11.3 Å². The van der Waals surface area contributed by atoms with E-state index in [0.29, 0.717) is 18.2 Å². The lowest BCUT2D eigenvalue weighted by Gasteiger charge is -2.20. The highest BCUT2D eigenvalue weighted by Crippen LogP contribution is 2.37. The maximum absolute atomic E-state index is 5.86. The van der Waals surface area contributed by atoms with Crippen LogP contribution < -0.4 is 5.32 Å². The Labute approximate surface area is 104 Å². The maximum Gasteiger partial charge on any atom is 0.134 e. The molecular weight excluding hydrogens is 232 g/mol. The molecule has 4 heteroatoms. The van der Waals surface area contributed by atoms with Crippen molar-refractivity contribution in [3.63, 3.8) is 0 Å². The Bertz CT molecular complexity index is 553. The predicted molar refractivity (Wildman–Crippen MR) is 69.5 cm³/mol. The van der Waals surface area contributed by atoms with Gasteiger partial charge < -0.3 is 10.1 Å². The van der Waals surface area contributed by atoms with Crippen molar-refractivity contribution in [2.24, 2.45) is 0 Å². The van der Waals surface area contributed by atoms with Gasteiger partial charge in [-0.25, -0.2) is 4.98 Å². The van der Waals surface area contributed by atoms with Crippen molar-refractivity contribution in [1.29, 1.82) is 0 Å². The molecule has 0 spiro atoms. The van der Waals surface area contributed by atoms with Gasteiger partial charge in [-0.05, 0) is 36.8 Å². The van der Waals surface area contributed by atoms with Gasteiger partial charge in [-0.2, -0.15) is 0 Å². The second-order valence-corrected chi connectivity index (χ2v) is 5.80. The quantitative estimate of drug-likeness (QED) is 0.884. The lowest BCUT2D eigenvalue weighted by molar-refractivity contribution is 0.102. The highest BCUT2D eigenvalue weighted by molar-refractivity contribution is 7.17. The summed E-state index contributed by atoms with van der Waals surface area (Å²) in [5.41, 5.74) is 0. The molecule has 3 unspecified atom stereocenters. The summed E-state index contributed by atoms with van der Waals surface area (Å²) in [6.07, 6.45) is 6.33. The largest absolute Gasteiger partial charge is 0.373 e. The van der Waals surface area contributed by atoms with E-state index in [1.54, 1.807) is 11.3 Å².